The molecule has 3 atom stereocenters. The Labute approximate surface area is 224 Å². The van der Waals surface area contributed by atoms with Crippen LogP contribution in [0.25, 0.3) is 0 Å². The van der Waals surface area contributed by atoms with E-state index in [9.17, 15) is 24.6 Å². The second-order valence-electron chi connectivity index (χ2n) is 9.25. The second kappa shape index (κ2) is 11.1. The van der Waals surface area contributed by atoms with Gasteiger partial charge in [0.15, 0.2) is 10.8 Å². The van der Waals surface area contributed by atoms with Gasteiger partial charge in [-0.15, -0.1) is 0 Å². The molecule has 3 rings (SSSR count). The molecule has 1 aliphatic heterocycles. The summed E-state index contributed by atoms with van der Waals surface area (Å²) < 4.78 is 5.88. The standard InChI is InChI=1S/C26H26ClNO6S2/c1-14(29)18-21(27)28(22(18)30)19(23(31)32)24(36-25(33)26(2,3)4)34-17-12-10-16(11-13-17)20(35)15-8-6-5-7-9-15/h5-14,18,21,29H,1-4H3,(H,31,32)/t14-,18-,21-/m1/s1. The Kier molecular flexibility index (Phi) is 8.61. The number of hydrogen-bond acceptors (Lipinski definition) is 7. The fourth-order valence-electron chi connectivity index (χ4n) is 3.33. The average molecular weight is 548 g/mol. The van der Waals surface area contributed by atoms with Crippen LogP contribution < -0.4 is 4.74 Å². The Bertz CT molecular complexity index is 1210. The highest BCUT2D eigenvalue weighted by molar-refractivity contribution is 8.16. The Balaban J connectivity index is 1.98. The van der Waals surface area contributed by atoms with Gasteiger partial charge in [0, 0.05) is 5.41 Å². The lowest BCUT2D eigenvalue weighted by molar-refractivity contribution is -0.158. The third-order valence-corrected chi connectivity index (χ3v) is 7.58. The molecule has 2 aromatic rings. The molecule has 0 aliphatic carbocycles. The van der Waals surface area contributed by atoms with Crippen LogP contribution in [0.2, 0.25) is 0 Å². The van der Waals surface area contributed by atoms with Crippen LogP contribution in [-0.4, -0.2) is 48.6 Å². The number of likely N-dealkylation sites (tertiary alicyclic amines) is 1. The molecule has 1 heterocycles. The minimum absolute atomic E-state index is 0.240. The molecule has 0 bridgehead atoms. The van der Waals surface area contributed by atoms with Crippen LogP contribution in [0.4, 0.5) is 0 Å². The SMILES string of the molecule is C[C@@H](O)[C@H]1C(=O)N(C(C(=O)O)=C(Oc2ccc(C(=S)c3ccccc3)cc2)SC(=O)C(C)(C)C)[C@H]1Cl. The van der Waals surface area contributed by atoms with Crippen LogP contribution in [0.3, 0.4) is 0 Å². The maximum absolute atomic E-state index is 12.8. The molecular weight excluding hydrogens is 522 g/mol. The lowest BCUT2D eigenvalue weighted by Gasteiger charge is -2.44. The number of aliphatic hydroxyl groups excluding tert-OH is 1. The Hall–Kier alpha value is -2.72. The largest absolute Gasteiger partial charge is 0.476 e. The van der Waals surface area contributed by atoms with Gasteiger partial charge in [0.05, 0.1) is 16.9 Å². The molecule has 2 aromatic carbocycles. The second-order valence-corrected chi connectivity index (χ2v) is 11.1. The van der Waals surface area contributed by atoms with Gasteiger partial charge < -0.3 is 14.9 Å². The lowest BCUT2D eigenvalue weighted by atomic mass is 9.92. The number of aliphatic carboxylic acids is 1. The normalized spacial score (nSPS) is 19.2. The molecule has 0 spiro atoms. The van der Waals surface area contributed by atoms with Crippen molar-refractivity contribution in [2.24, 2.45) is 11.3 Å². The zero-order chi connectivity index (χ0) is 26.8. The molecular formula is C26H26ClNO6S2. The van der Waals surface area contributed by atoms with Gasteiger partial charge in [0.2, 0.25) is 11.0 Å². The molecule has 36 heavy (non-hydrogen) atoms. The Morgan fingerprint density at radius 1 is 1.08 bits per heavy atom. The predicted molar refractivity (Wildman–Crippen MR) is 143 cm³/mol. The van der Waals surface area contributed by atoms with Crippen molar-refractivity contribution in [2.45, 2.75) is 39.3 Å². The molecule has 1 amide bonds. The maximum Gasteiger partial charge on any atom is 0.357 e. The van der Waals surface area contributed by atoms with E-state index in [4.69, 9.17) is 28.6 Å². The first kappa shape index (κ1) is 27.9. The molecule has 0 aromatic heterocycles. The summed E-state index contributed by atoms with van der Waals surface area (Å²) in [4.78, 5) is 39.2. The van der Waals surface area contributed by atoms with Gasteiger partial charge >= 0.3 is 5.97 Å². The molecule has 0 radical (unpaired) electrons. The molecule has 190 valence electrons. The van der Waals surface area contributed by atoms with Gasteiger partial charge in [-0.25, -0.2) is 4.79 Å². The van der Waals surface area contributed by atoms with Crippen molar-refractivity contribution >= 4 is 57.4 Å². The molecule has 10 heteroatoms. The smallest absolute Gasteiger partial charge is 0.357 e. The maximum atomic E-state index is 12.8. The van der Waals surface area contributed by atoms with Crippen molar-refractivity contribution in [3.63, 3.8) is 0 Å². The van der Waals surface area contributed by atoms with Gasteiger partial charge in [-0.1, -0.05) is 74.9 Å². The van der Waals surface area contributed by atoms with E-state index in [1.807, 2.05) is 30.3 Å². The van der Waals surface area contributed by atoms with Gasteiger partial charge in [-0.05, 0) is 54.1 Å². The molecule has 0 unspecified atom stereocenters. The number of halogens is 1. The minimum Gasteiger partial charge on any atom is -0.476 e. The number of β-lactam (4-membered cyclic amide) rings is 1. The van der Waals surface area contributed by atoms with Crippen molar-refractivity contribution in [1.82, 2.24) is 4.90 Å². The topological polar surface area (TPSA) is 104 Å². The van der Waals surface area contributed by atoms with Gasteiger partial charge in [-0.3, -0.25) is 14.5 Å². The third-order valence-electron chi connectivity index (χ3n) is 5.38. The molecule has 1 aliphatic rings. The monoisotopic (exact) mass is 547 g/mol. The number of carbonyl (C=O) groups is 3. The Morgan fingerprint density at radius 2 is 1.64 bits per heavy atom. The van der Waals surface area contributed by atoms with Crippen LogP contribution in [-0.2, 0) is 14.4 Å². The fraction of sp³-hybridized carbons (Fsp3) is 0.308. The highest BCUT2D eigenvalue weighted by Gasteiger charge is 2.53. The third kappa shape index (κ3) is 5.98. The van der Waals surface area contributed by atoms with Crippen LogP contribution >= 0.6 is 35.6 Å². The fourth-order valence-corrected chi connectivity index (χ4v) is 5.01. The van der Waals surface area contributed by atoms with E-state index in [0.29, 0.717) is 16.6 Å². The first-order valence-electron chi connectivity index (χ1n) is 11.1. The summed E-state index contributed by atoms with van der Waals surface area (Å²) in [5.41, 5.74) is -0.875. The quantitative estimate of drug-likeness (QED) is 0.0924. The first-order valence-corrected chi connectivity index (χ1v) is 12.7. The van der Waals surface area contributed by atoms with E-state index < -0.39 is 40.5 Å². The number of aliphatic hydroxyl groups is 1. The molecule has 0 saturated carbocycles. The summed E-state index contributed by atoms with van der Waals surface area (Å²) in [6.45, 7) is 6.45. The molecule has 2 N–H and O–H groups in total. The van der Waals surface area contributed by atoms with Gasteiger partial charge in [-0.2, -0.15) is 0 Å². The van der Waals surface area contributed by atoms with E-state index in [1.54, 1.807) is 45.0 Å². The summed E-state index contributed by atoms with van der Waals surface area (Å²) in [6, 6.07) is 16.1. The summed E-state index contributed by atoms with van der Waals surface area (Å²) in [5.74, 6) is -2.90. The first-order chi connectivity index (χ1) is 16.8. The van der Waals surface area contributed by atoms with E-state index in [1.165, 1.54) is 6.92 Å². The van der Waals surface area contributed by atoms with Crippen molar-refractivity contribution in [3.8, 4) is 5.75 Å². The zero-order valence-electron chi connectivity index (χ0n) is 20.1. The number of thiocarbonyl (C=S) groups is 1. The summed E-state index contributed by atoms with van der Waals surface area (Å²) in [5, 5.41) is 19.1. The molecule has 7 nitrogen and oxygen atoms in total. The number of thioether (sulfide) groups is 1. The van der Waals surface area contributed by atoms with Gasteiger partial charge in [0.1, 0.15) is 11.3 Å². The van der Waals surface area contributed by atoms with Crippen molar-refractivity contribution in [2.75, 3.05) is 0 Å². The van der Waals surface area contributed by atoms with E-state index in [2.05, 4.69) is 0 Å². The van der Waals surface area contributed by atoms with Gasteiger partial charge in [0.25, 0.3) is 0 Å². The highest BCUT2D eigenvalue weighted by Crippen LogP contribution is 2.40. The van der Waals surface area contributed by atoms with Crippen molar-refractivity contribution in [3.05, 3.63) is 76.5 Å². The molecule has 1 fully saturated rings. The number of nitrogens with zero attached hydrogens (tertiary/aromatic N) is 1. The van der Waals surface area contributed by atoms with E-state index >= 15 is 0 Å². The number of hydrogen-bond donors (Lipinski definition) is 2. The Morgan fingerprint density at radius 3 is 2.11 bits per heavy atom. The van der Waals surface area contributed by atoms with E-state index in [0.717, 1.165) is 16.0 Å². The van der Waals surface area contributed by atoms with E-state index in [-0.39, 0.29) is 16.0 Å². The lowest BCUT2D eigenvalue weighted by Crippen LogP contribution is -2.62. The van der Waals surface area contributed by atoms with Crippen LogP contribution in [0.5, 0.6) is 5.75 Å². The summed E-state index contributed by atoms with van der Waals surface area (Å²) >= 11 is 12.4. The number of carbonyl (C=O) groups excluding carboxylic acids is 2. The summed E-state index contributed by atoms with van der Waals surface area (Å²) in [7, 11) is 0. The minimum atomic E-state index is -1.50. The predicted octanol–water partition coefficient (Wildman–Crippen LogP) is 4.80. The van der Waals surface area contributed by atoms with Crippen molar-refractivity contribution < 1.29 is 29.3 Å². The van der Waals surface area contributed by atoms with Crippen LogP contribution in [0, 0.1) is 11.3 Å². The van der Waals surface area contributed by atoms with Crippen LogP contribution in [0.15, 0.2) is 65.4 Å². The van der Waals surface area contributed by atoms with Crippen LogP contribution in [0.1, 0.15) is 38.8 Å². The van der Waals surface area contributed by atoms with Crippen molar-refractivity contribution in [1.29, 1.82) is 0 Å². The highest BCUT2D eigenvalue weighted by atomic mass is 35.5. The number of amides is 1. The number of benzene rings is 2. The number of carboxylic acid groups (broad SMARTS) is 1. The number of alkyl halides is 1. The molecule has 1 saturated heterocycles. The zero-order valence-corrected chi connectivity index (χ0v) is 22.5. The number of ether oxygens (including phenoxy) is 1. The average Bonchev–Trinajstić information content (AvgIpc) is 2.81. The number of carboxylic acids is 1. The number of rotatable bonds is 8. The summed E-state index contributed by atoms with van der Waals surface area (Å²) in [6.07, 6.45) is -1.07.